The standard InChI is InChI=1S/C15H21ClN2O4S.ClH/c1-11-4-5-13(7-14(11)16)23(21,22)18-6-2-3-12(10-18)8-17-9-15(19)20;/h4-5,7,12,17H,2-3,6,8-10H2,1H3,(H,19,20);1H. The molecule has 6 nitrogen and oxygen atoms in total. The quantitative estimate of drug-likeness (QED) is 0.768. The van der Waals surface area contributed by atoms with Crippen LogP contribution in [0.1, 0.15) is 18.4 Å². The fourth-order valence-corrected chi connectivity index (χ4v) is 4.50. The van der Waals surface area contributed by atoms with E-state index in [1.54, 1.807) is 12.1 Å². The van der Waals surface area contributed by atoms with Gasteiger partial charge in [-0.2, -0.15) is 4.31 Å². The largest absolute Gasteiger partial charge is 0.480 e. The van der Waals surface area contributed by atoms with Crippen LogP contribution in [0.4, 0.5) is 0 Å². The third-order valence-corrected chi connectivity index (χ3v) is 6.24. The highest BCUT2D eigenvalue weighted by Gasteiger charge is 2.30. The molecule has 0 radical (unpaired) electrons. The molecule has 1 saturated heterocycles. The normalized spacial score (nSPS) is 18.8. The van der Waals surface area contributed by atoms with Crippen LogP contribution in [0.2, 0.25) is 5.02 Å². The predicted octanol–water partition coefficient (Wildman–Crippen LogP) is 2.15. The van der Waals surface area contributed by atoms with Gasteiger partial charge < -0.3 is 10.4 Å². The summed E-state index contributed by atoms with van der Waals surface area (Å²) in [6.45, 7) is 3.07. The average molecular weight is 397 g/mol. The SMILES string of the molecule is Cc1ccc(S(=O)(=O)N2CCCC(CNCC(=O)O)C2)cc1Cl.Cl. The fraction of sp³-hybridized carbons (Fsp3) is 0.533. The second kappa shape index (κ2) is 9.01. The zero-order valence-electron chi connectivity index (χ0n) is 13.4. The molecule has 1 aliphatic heterocycles. The summed E-state index contributed by atoms with van der Waals surface area (Å²) in [5.41, 5.74) is 0.833. The van der Waals surface area contributed by atoms with E-state index in [0.29, 0.717) is 24.7 Å². The minimum absolute atomic E-state index is 0. The molecule has 0 bridgehead atoms. The monoisotopic (exact) mass is 396 g/mol. The summed E-state index contributed by atoms with van der Waals surface area (Å²) in [5.74, 6) is -0.807. The minimum Gasteiger partial charge on any atom is -0.480 e. The number of sulfonamides is 1. The van der Waals surface area contributed by atoms with Gasteiger partial charge in [-0.3, -0.25) is 4.79 Å². The summed E-state index contributed by atoms with van der Waals surface area (Å²) in [5, 5.41) is 11.9. The van der Waals surface area contributed by atoms with Gasteiger partial charge in [0, 0.05) is 18.1 Å². The Morgan fingerprint density at radius 3 is 2.79 bits per heavy atom. The van der Waals surface area contributed by atoms with E-state index in [4.69, 9.17) is 16.7 Å². The summed E-state index contributed by atoms with van der Waals surface area (Å²) in [7, 11) is -3.57. The summed E-state index contributed by atoms with van der Waals surface area (Å²) >= 11 is 6.04. The van der Waals surface area contributed by atoms with E-state index in [9.17, 15) is 13.2 Å². The van der Waals surface area contributed by atoms with Crippen molar-refractivity contribution in [3.63, 3.8) is 0 Å². The van der Waals surface area contributed by atoms with Crippen LogP contribution in [0.5, 0.6) is 0 Å². The molecule has 24 heavy (non-hydrogen) atoms. The molecule has 0 aliphatic carbocycles. The van der Waals surface area contributed by atoms with Crippen LogP contribution in [0.25, 0.3) is 0 Å². The van der Waals surface area contributed by atoms with E-state index in [1.807, 2.05) is 6.92 Å². The number of rotatable bonds is 6. The molecule has 0 amide bonds. The molecule has 1 unspecified atom stereocenters. The first-order valence-electron chi connectivity index (χ1n) is 7.49. The van der Waals surface area contributed by atoms with E-state index >= 15 is 0 Å². The number of hydrogen-bond donors (Lipinski definition) is 2. The molecular weight excluding hydrogens is 375 g/mol. The van der Waals surface area contributed by atoms with E-state index in [2.05, 4.69) is 5.32 Å². The number of aliphatic carboxylic acids is 1. The lowest BCUT2D eigenvalue weighted by Gasteiger charge is -2.32. The maximum Gasteiger partial charge on any atom is 0.317 e. The lowest BCUT2D eigenvalue weighted by Crippen LogP contribution is -2.43. The van der Waals surface area contributed by atoms with Crippen molar-refractivity contribution in [2.75, 3.05) is 26.2 Å². The Morgan fingerprint density at radius 2 is 2.17 bits per heavy atom. The molecule has 1 aromatic rings. The number of piperidine rings is 1. The number of carboxylic acid groups (broad SMARTS) is 1. The Kier molecular flexibility index (Phi) is 7.95. The fourth-order valence-electron chi connectivity index (χ4n) is 2.68. The Morgan fingerprint density at radius 1 is 1.46 bits per heavy atom. The maximum absolute atomic E-state index is 12.7. The second-order valence-electron chi connectivity index (χ2n) is 5.81. The number of nitrogens with zero attached hydrogens (tertiary/aromatic N) is 1. The van der Waals surface area contributed by atoms with Gasteiger partial charge in [-0.15, -0.1) is 12.4 Å². The topological polar surface area (TPSA) is 86.7 Å². The Balaban J connectivity index is 0.00000288. The summed E-state index contributed by atoms with van der Waals surface area (Å²) in [4.78, 5) is 10.7. The zero-order chi connectivity index (χ0) is 17.0. The number of nitrogens with one attached hydrogen (secondary N) is 1. The molecule has 2 rings (SSSR count). The molecule has 0 aromatic heterocycles. The molecule has 136 valence electrons. The summed E-state index contributed by atoms with van der Waals surface area (Å²) < 4.78 is 26.9. The molecule has 1 aliphatic rings. The van der Waals surface area contributed by atoms with Crippen LogP contribution in [-0.2, 0) is 14.8 Å². The highest BCUT2D eigenvalue weighted by atomic mass is 35.5. The van der Waals surface area contributed by atoms with Crippen LogP contribution < -0.4 is 5.32 Å². The first-order valence-corrected chi connectivity index (χ1v) is 9.31. The van der Waals surface area contributed by atoms with Crippen molar-refractivity contribution in [3.8, 4) is 0 Å². The van der Waals surface area contributed by atoms with Crippen molar-refractivity contribution in [2.45, 2.75) is 24.7 Å². The van der Waals surface area contributed by atoms with E-state index < -0.39 is 16.0 Å². The van der Waals surface area contributed by atoms with E-state index in [1.165, 1.54) is 10.4 Å². The number of carboxylic acids is 1. The van der Waals surface area contributed by atoms with Gasteiger partial charge in [0.05, 0.1) is 11.4 Å². The third-order valence-electron chi connectivity index (χ3n) is 3.97. The second-order valence-corrected chi connectivity index (χ2v) is 8.15. The Hall–Kier alpha value is -0.860. The van der Waals surface area contributed by atoms with Crippen molar-refractivity contribution >= 4 is 40.0 Å². The Labute approximate surface area is 153 Å². The molecule has 1 atom stereocenters. The van der Waals surface area contributed by atoms with Crippen LogP contribution >= 0.6 is 24.0 Å². The molecule has 9 heteroatoms. The van der Waals surface area contributed by atoms with Gasteiger partial charge in [0.1, 0.15) is 0 Å². The third kappa shape index (κ3) is 5.32. The van der Waals surface area contributed by atoms with Gasteiger partial charge >= 0.3 is 5.97 Å². The number of carbonyl (C=O) groups is 1. The van der Waals surface area contributed by atoms with Gasteiger partial charge in [0.2, 0.25) is 10.0 Å². The van der Waals surface area contributed by atoms with Gasteiger partial charge in [-0.05, 0) is 49.9 Å². The lowest BCUT2D eigenvalue weighted by molar-refractivity contribution is -0.136. The summed E-state index contributed by atoms with van der Waals surface area (Å²) in [6.07, 6.45) is 1.64. The van der Waals surface area contributed by atoms with E-state index in [-0.39, 0.29) is 29.8 Å². The van der Waals surface area contributed by atoms with Crippen LogP contribution in [0, 0.1) is 12.8 Å². The molecule has 0 saturated carbocycles. The van der Waals surface area contributed by atoms with Crippen molar-refractivity contribution in [1.29, 1.82) is 0 Å². The van der Waals surface area contributed by atoms with Crippen molar-refractivity contribution in [1.82, 2.24) is 9.62 Å². The van der Waals surface area contributed by atoms with Crippen molar-refractivity contribution < 1.29 is 18.3 Å². The molecule has 2 N–H and O–H groups in total. The van der Waals surface area contributed by atoms with Crippen LogP contribution in [-0.4, -0.2) is 50.0 Å². The average Bonchev–Trinajstić information content (AvgIpc) is 2.50. The van der Waals surface area contributed by atoms with Gasteiger partial charge in [-0.1, -0.05) is 17.7 Å². The van der Waals surface area contributed by atoms with Crippen molar-refractivity contribution in [2.24, 2.45) is 5.92 Å². The van der Waals surface area contributed by atoms with E-state index in [0.717, 1.165) is 18.4 Å². The number of hydrogen-bond acceptors (Lipinski definition) is 4. The Bertz CT molecular complexity index is 682. The predicted molar refractivity (Wildman–Crippen MR) is 95.4 cm³/mol. The molecule has 1 aromatic carbocycles. The zero-order valence-corrected chi connectivity index (χ0v) is 15.8. The molecule has 1 fully saturated rings. The number of aryl methyl sites for hydroxylation is 1. The molecule has 1 heterocycles. The van der Waals surface area contributed by atoms with Crippen LogP contribution in [0.3, 0.4) is 0 Å². The van der Waals surface area contributed by atoms with Crippen LogP contribution in [0.15, 0.2) is 23.1 Å². The van der Waals surface area contributed by atoms with Crippen molar-refractivity contribution in [3.05, 3.63) is 28.8 Å². The number of benzene rings is 1. The first kappa shape index (κ1) is 21.2. The lowest BCUT2D eigenvalue weighted by atomic mass is 10.00. The first-order chi connectivity index (χ1) is 10.8. The summed E-state index contributed by atoms with van der Waals surface area (Å²) in [6, 6.07) is 4.76. The maximum atomic E-state index is 12.7. The molecular formula is C15H22Cl2N2O4S. The van der Waals surface area contributed by atoms with Gasteiger partial charge in [0.15, 0.2) is 0 Å². The minimum atomic E-state index is -3.57. The highest BCUT2D eigenvalue weighted by molar-refractivity contribution is 7.89. The van der Waals surface area contributed by atoms with Gasteiger partial charge in [0.25, 0.3) is 0 Å². The highest BCUT2D eigenvalue weighted by Crippen LogP contribution is 2.26. The molecule has 0 spiro atoms. The smallest absolute Gasteiger partial charge is 0.317 e. The van der Waals surface area contributed by atoms with Gasteiger partial charge in [-0.25, -0.2) is 8.42 Å². The number of halogens is 2.